The molecule has 52 heavy (non-hydrogen) atoms. The van der Waals surface area contributed by atoms with Crippen molar-refractivity contribution >= 4 is 112 Å². The standard InChI is InChI=1S/C48H29NS3/c1-3-11-30(12-4-1)32-19-22-38-40-28-33(21-26-44(40)51-45(38)27-32)49(34-20-23-37-36-15-7-9-17-42(36)50-46(37)29-34)41-25-24-35(31-13-5-2-6-14-31)48-47(41)39-16-8-10-18-43(39)52-48/h1-29H. The number of hydrogen-bond donors (Lipinski definition) is 0. The summed E-state index contributed by atoms with van der Waals surface area (Å²) in [5.41, 5.74) is 8.52. The van der Waals surface area contributed by atoms with E-state index in [1.807, 2.05) is 34.0 Å². The molecular formula is C48H29NS3. The van der Waals surface area contributed by atoms with E-state index in [0.29, 0.717) is 0 Å². The predicted octanol–water partition coefficient (Wildman–Crippen LogP) is 15.6. The maximum Gasteiger partial charge on any atom is 0.0555 e. The van der Waals surface area contributed by atoms with Crippen molar-refractivity contribution < 1.29 is 0 Å². The highest BCUT2D eigenvalue weighted by molar-refractivity contribution is 7.27. The molecule has 0 saturated heterocycles. The maximum atomic E-state index is 2.50. The summed E-state index contributed by atoms with van der Waals surface area (Å²) < 4.78 is 7.84. The van der Waals surface area contributed by atoms with E-state index in [4.69, 9.17) is 0 Å². The first-order chi connectivity index (χ1) is 25.8. The first kappa shape index (κ1) is 29.9. The molecule has 0 fully saturated rings. The predicted molar refractivity (Wildman–Crippen MR) is 231 cm³/mol. The first-order valence-electron chi connectivity index (χ1n) is 17.5. The monoisotopic (exact) mass is 715 g/mol. The second-order valence-electron chi connectivity index (χ2n) is 13.3. The van der Waals surface area contributed by atoms with E-state index < -0.39 is 0 Å². The van der Waals surface area contributed by atoms with Gasteiger partial charge in [0.15, 0.2) is 0 Å². The molecule has 0 amide bonds. The van der Waals surface area contributed by atoms with Crippen molar-refractivity contribution in [2.45, 2.75) is 0 Å². The van der Waals surface area contributed by atoms with E-state index in [1.54, 1.807) is 0 Å². The topological polar surface area (TPSA) is 3.24 Å². The summed E-state index contributed by atoms with van der Waals surface area (Å²) in [5.74, 6) is 0. The van der Waals surface area contributed by atoms with Crippen LogP contribution in [-0.2, 0) is 0 Å². The van der Waals surface area contributed by atoms with Crippen LogP contribution >= 0.6 is 34.0 Å². The van der Waals surface area contributed by atoms with Gasteiger partial charge in [-0.3, -0.25) is 0 Å². The van der Waals surface area contributed by atoms with Crippen LogP contribution in [-0.4, -0.2) is 0 Å². The minimum atomic E-state index is 1.16. The molecule has 0 unspecified atom stereocenters. The lowest BCUT2D eigenvalue weighted by Gasteiger charge is -2.27. The highest BCUT2D eigenvalue weighted by Gasteiger charge is 2.22. The fourth-order valence-corrected chi connectivity index (χ4v) is 11.4. The van der Waals surface area contributed by atoms with E-state index in [1.165, 1.54) is 88.5 Å². The van der Waals surface area contributed by atoms with Crippen molar-refractivity contribution in [3.8, 4) is 22.3 Å². The van der Waals surface area contributed by atoms with Gasteiger partial charge in [0.25, 0.3) is 0 Å². The lowest BCUT2D eigenvalue weighted by atomic mass is 10.00. The smallest absolute Gasteiger partial charge is 0.0555 e. The Morgan fingerprint density at radius 2 is 0.904 bits per heavy atom. The molecule has 11 aromatic rings. The van der Waals surface area contributed by atoms with Gasteiger partial charge >= 0.3 is 0 Å². The summed E-state index contributed by atoms with van der Waals surface area (Å²) in [5, 5.41) is 7.80. The molecule has 0 N–H and O–H groups in total. The van der Waals surface area contributed by atoms with Crippen molar-refractivity contribution in [2.24, 2.45) is 0 Å². The molecule has 0 aliphatic rings. The van der Waals surface area contributed by atoms with Crippen LogP contribution in [0.3, 0.4) is 0 Å². The van der Waals surface area contributed by atoms with Crippen LogP contribution in [0.4, 0.5) is 17.1 Å². The minimum Gasteiger partial charge on any atom is -0.310 e. The van der Waals surface area contributed by atoms with Gasteiger partial charge in [-0.15, -0.1) is 34.0 Å². The van der Waals surface area contributed by atoms with Crippen LogP contribution in [0.15, 0.2) is 176 Å². The summed E-state index contributed by atoms with van der Waals surface area (Å²) in [7, 11) is 0. The van der Waals surface area contributed by atoms with Gasteiger partial charge in [0.05, 0.1) is 5.69 Å². The third-order valence-electron chi connectivity index (χ3n) is 10.3. The molecule has 0 bridgehead atoms. The Morgan fingerprint density at radius 3 is 1.71 bits per heavy atom. The van der Waals surface area contributed by atoms with Gasteiger partial charge < -0.3 is 4.90 Å². The van der Waals surface area contributed by atoms with Crippen molar-refractivity contribution in [2.75, 3.05) is 4.90 Å². The van der Waals surface area contributed by atoms with Crippen molar-refractivity contribution in [1.29, 1.82) is 0 Å². The molecule has 0 spiro atoms. The number of benzene rings is 8. The fourth-order valence-electron chi connectivity index (χ4n) is 7.84. The molecule has 0 atom stereocenters. The molecule has 8 aromatic carbocycles. The molecule has 0 aliphatic carbocycles. The van der Waals surface area contributed by atoms with Gasteiger partial charge in [0.1, 0.15) is 0 Å². The number of rotatable bonds is 5. The van der Waals surface area contributed by atoms with Gasteiger partial charge in [-0.2, -0.15) is 0 Å². The summed E-state index contributed by atoms with van der Waals surface area (Å²) >= 11 is 5.64. The average molecular weight is 716 g/mol. The van der Waals surface area contributed by atoms with Crippen LogP contribution in [0.25, 0.3) is 82.8 Å². The van der Waals surface area contributed by atoms with Crippen LogP contribution in [0.1, 0.15) is 0 Å². The molecular weight excluding hydrogens is 687 g/mol. The van der Waals surface area contributed by atoms with E-state index >= 15 is 0 Å². The zero-order valence-electron chi connectivity index (χ0n) is 27.9. The third-order valence-corrected chi connectivity index (χ3v) is 13.7. The van der Waals surface area contributed by atoms with Crippen molar-refractivity contribution in [3.05, 3.63) is 176 Å². The molecule has 3 aromatic heterocycles. The van der Waals surface area contributed by atoms with E-state index in [9.17, 15) is 0 Å². The number of thiophene rings is 3. The van der Waals surface area contributed by atoms with Crippen LogP contribution in [0, 0.1) is 0 Å². The largest absolute Gasteiger partial charge is 0.310 e. The lowest BCUT2D eigenvalue weighted by Crippen LogP contribution is -2.10. The number of nitrogens with zero attached hydrogens (tertiary/aromatic N) is 1. The second kappa shape index (κ2) is 11.9. The summed E-state index contributed by atoms with van der Waals surface area (Å²) in [6.45, 7) is 0. The third kappa shape index (κ3) is 4.72. The number of fused-ring (bicyclic) bond motifs is 9. The Labute approximate surface area is 312 Å². The SMILES string of the molecule is c1ccc(-c2ccc3c(c2)sc2ccc(N(c4ccc5c(c4)sc4ccccc45)c4ccc(-c5ccccc5)c5sc6ccccc6c45)cc23)cc1. The summed E-state index contributed by atoms with van der Waals surface area (Å²) in [4.78, 5) is 2.50. The Morgan fingerprint density at radius 1 is 0.327 bits per heavy atom. The zero-order chi connectivity index (χ0) is 34.2. The quantitative estimate of drug-likeness (QED) is 0.171. The van der Waals surface area contributed by atoms with Gasteiger partial charge in [-0.1, -0.05) is 121 Å². The van der Waals surface area contributed by atoms with Crippen molar-refractivity contribution in [3.63, 3.8) is 0 Å². The van der Waals surface area contributed by atoms with Crippen molar-refractivity contribution in [1.82, 2.24) is 0 Å². The molecule has 3 heterocycles. The second-order valence-corrected chi connectivity index (χ2v) is 16.5. The minimum absolute atomic E-state index is 1.16. The molecule has 0 radical (unpaired) electrons. The van der Waals surface area contributed by atoms with Gasteiger partial charge in [0, 0.05) is 71.9 Å². The van der Waals surface area contributed by atoms with Crippen LogP contribution in [0.2, 0.25) is 0 Å². The summed E-state index contributed by atoms with van der Waals surface area (Å²) in [6, 6.07) is 64.9. The zero-order valence-corrected chi connectivity index (χ0v) is 30.4. The summed E-state index contributed by atoms with van der Waals surface area (Å²) in [6.07, 6.45) is 0. The average Bonchev–Trinajstić information content (AvgIpc) is 3.89. The molecule has 4 heteroatoms. The maximum absolute atomic E-state index is 2.50. The number of hydrogen-bond acceptors (Lipinski definition) is 4. The van der Waals surface area contributed by atoms with Gasteiger partial charge in [-0.25, -0.2) is 0 Å². The Hall–Kier alpha value is -5.78. The van der Waals surface area contributed by atoms with E-state index in [2.05, 4.69) is 181 Å². The van der Waals surface area contributed by atoms with E-state index in [-0.39, 0.29) is 0 Å². The molecule has 244 valence electrons. The molecule has 1 nitrogen and oxygen atoms in total. The molecule has 0 saturated carbocycles. The highest BCUT2D eigenvalue weighted by Crippen LogP contribution is 2.50. The molecule has 0 aliphatic heterocycles. The molecule has 11 rings (SSSR count). The lowest BCUT2D eigenvalue weighted by molar-refractivity contribution is 1.32. The van der Waals surface area contributed by atoms with Crippen LogP contribution in [0.5, 0.6) is 0 Å². The van der Waals surface area contributed by atoms with Gasteiger partial charge in [0.2, 0.25) is 0 Å². The Kier molecular flexibility index (Phi) is 6.84. The first-order valence-corrected chi connectivity index (χ1v) is 19.9. The Balaban J connectivity index is 1.17. The normalized spacial score (nSPS) is 11.8. The fraction of sp³-hybridized carbons (Fsp3) is 0. The number of anilines is 3. The van der Waals surface area contributed by atoms with Crippen LogP contribution < -0.4 is 4.90 Å². The van der Waals surface area contributed by atoms with E-state index in [0.717, 1.165) is 11.4 Å². The highest BCUT2D eigenvalue weighted by atomic mass is 32.1. The Bertz CT molecular complexity index is 3130. The van der Waals surface area contributed by atoms with Gasteiger partial charge in [-0.05, 0) is 76.9 Å².